The van der Waals surface area contributed by atoms with Gasteiger partial charge in [-0.25, -0.2) is 22.8 Å². The Kier molecular flexibility index (Phi) is 6.29. The zero-order valence-electron chi connectivity index (χ0n) is 17.1. The van der Waals surface area contributed by atoms with E-state index in [0.29, 0.717) is 5.56 Å². The molecule has 1 aromatic rings. The zero-order valence-corrected chi connectivity index (χ0v) is 17.9. The third kappa shape index (κ3) is 4.68. The largest absolute Gasteiger partial charge is 0.463 e. The molecule has 0 bridgehead atoms. The molecule has 1 unspecified atom stereocenters. The summed E-state index contributed by atoms with van der Waals surface area (Å²) in [5.41, 5.74) is 0.606. The van der Waals surface area contributed by atoms with Gasteiger partial charge in [-0.1, -0.05) is 12.1 Å². The molecule has 0 spiro atoms. The van der Waals surface area contributed by atoms with Crippen molar-refractivity contribution in [3.63, 3.8) is 0 Å². The smallest absolute Gasteiger partial charge is 0.338 e. The molecule has 0 saturated heterocycles. The molecule has 0 radical (unpaired) electrons. The Morgan fingerprint density at radius 2 is 1.94 bits per heavy atom. The van der Waals surface area contributed by atoms with Gasteiger partial charge in [0.1, 0.15) is 18.5 Å². The third-order valence-corrected chi connectivity index (χ3v) is 5.95. The molecular weight excluding hydrogens is 428 g/mol. The molecule has 3 rings (SSSR count). The minimum absolute atomic E-state index is 0.0373. The number of urea groups is 1. The summed E-state index contributed by atoms with van der Waals surface area (Å²) in [6.45, 7) is 4.44. The summed E-state index contributed by atoms with van der Waals surface area (Å²) in [5, 5.41) is 4.99. The summed E-state index contributed by atoms with van der Waals surface area (Å²) in [4.78, 5) is 40.6. The van der Waals surface area contributed by atoms with Gasteiger partial charge >= 0.3 is 18.0 Å². The highest BCUT2D eigenvalue weighted by Crippen LogP contribution is 2.22. The number of aliphatic imine (C=N–C) groups is 1. The second kappa shape index (κ2) is 8.76. The molecule has 0 fully saturated rings. The van der Waals surface area contributed by atoms with Crippen LogP contribution < -0.4 is 15.4 Å². The second-order valence-electron chi connectivity index (χ2n) is 6.80. The molecule has 2 amide bonds. The number of carbonyl (C=O) groups excluding carboxylic acids is 3. The maximum atomic E-state index is 12.4. The van der Waals surface area contributed by atoms with Gasteiger partial charge < -0.3 is 20.1 Å². The first kappa shape index (κ1) is 22.3. The van der Waals surface area contributed by atoms with Crippen LogP contribution in [0, 0.1) is 0 Å². The summed E-state index contributed by atoms with van der Waals surface area (Å²) >= 11 is 0. The van der Waals surface area contributed by atoms with E-state index in [2.05, 4.69) is 20.3 Å². The van der Waals surface area contributed by atoms with E-state index in [4.69, 9.17) is 9.47 Å². The SMILES string of the molecule is CCOC(=O)C1=C(COC(=O)[C@H](C)N=C2NS(=O)(=O)c3ccccc32)NC(=O)NC1C. The normalized spacial score (nSPS) is 21.5. The molecule has 0 aromatic heterocycles. The van der Waals surface area contributed by atoms with Crippen molar-refractivity contribution in [3.05, 3.63) is 41.1 Å². The van der Waals surface area contributed by atoms with Crippen LogP contribution in [0.1, 0.15) is 26.3 Å². The quantitative estimate of drug-likeness (QED) is 0.523. The van der Waals surface area contributed by atoms with E-state index < -0.39 is 40.1 Å². The molecule has 12 heteroatoms. The van der Waals surface area contributed by atoms with E-state index in [1.165, 1.54) is 13.0 Å². The summed E-state index contributed by atoms with van der Waals surface area (Å²) in [7, 11) is -3.74. The van der Waals surface area contributed by atoms with Crippen molar-refractivity contribution in [3.8, 4) is 0 Å². The van der Waals surface area contributed by atoms with Crippen LogP contribution in [0.5, 0.6) is 0 Å². The highest BCUT2D eigenvalue weighted by atomic mass is 32.2. The fourth-order valence-corrected chi connectivity index (χ4v) is 4.37. The molecule has 3 N–H and O–H groups in total. The topological polar surface area (TPSA) is 152 Å². The van der Waals surface area contributed by atoms with Crippen LogP contribution in [0.3, 0.4) is 0 Å². The average Bonchev–Trinajstić information content (AvgIpc) is 2.96. The van der Waals surface area contributed by atoms with Gasteiger partial charge in [0, 0.05) is 5.56 Å². The standard InChI is InChI=1S/C19H22N4O7S/c1-4-29-18(25)15-10(2)21-19(26)22-13(15)9-30-17(24)11(3)20-16-12-7-5-6-8-14(12)31(27,28)23-16/h5-8,10-11H,4,9H2,1-3H3,(H,20,23)(H2,21,22,26)/t10?,11-/m0/s1. The number of fused-ring (bicyclic) bond motifs is 1. The van der Waals surface area contributed by atoms with Crippen molar-refractivity contribution < 1.29 is 32.3 Å². The van der Waals surface area contributed by atoms with E-state index in [-0.39, 0.29) is 35.2 Å². The number of ether oxygens (including phenoxy) is 2. The lowest BCUT2D eigenvalue weighted by Crippen LogP contribution is -2.50. The van der Waals surface area contributed by atoms with Gasteiger partial charge in [0.05, 0.1) is 28.8 Å². The zero-order chi connectivity index (χ0) is 22.8. The van der Waals surface area contributed by atoms with Crippen LogP contribution in [-0.4, -0.2) is 57.5 Å². The number of carbonyl (C=O) groups is 3. The number of rotatable bonds is 6. The number of benzene rings is 1. The molecule has 2 heterocycles. The Labute approximate surface area is 178 Å². The number of hydrogen-bond acceptors (Lipinski definition) is 8. The van der Waals surface area contributed by atoms with Crippen LogP contribution in [-0.2, 0) is 29.1 Å². The number of nitrogens with one attached hydrogen (secondary N) is 3. The van der Waals surface area contributed by atoms with E-state index in [1.807, 2.05) is 0 Å². The van der Waals surface area contributed by atoms with Gasteiger partial charge in [0.25, 0.3) is 10.0 Å². The Morgan fingerprint density at radius 3 is 2.65 bits per heavy atom. The van der Waals surface area contributed by atoms with E-state index >= 15 is 0 Å². The Bertz CT molecular complexity index is 1090. The van der Waals surface area contributed by atoms with Gasteiger partial charge in [0.15, 0.2) is 0 Å². The maximum Gasteiger partial charge on any atom is 0.338 e. The predicted molar refractivity (Wildman–Crippen MR) is 109 cm³/mol. The van der Waals surface area contributed by atoms with Gasteiger partial charge in [-0.15, -0.1) is 0 Å². The highest BCUT2D eigenvalue weighted by Gasteiger charge is 2.32. The number of esters is 2. The minimum atomic E-state index is -3.74. The van der Waals surface area contributed by atoms with Crippen LogP contribution >= 0.6 is 0 Å². The fourth-order valence-electron chi connectivity index (χ4n) is 3.13. The van der Waals surface area contributed by atoms with E-state index in [0.717, 1.165) is 0 Å². The molecule has 31 heavy (non-hydrogen) atoms. The van der Waals surface area contributed by atoms with Crippen LogP contribution in [0.2, 0.25) is 0 Å². The maximum absolute atomic E-state index is 12.4. The molecule has 166 valence electrons. The molecule has 1 aromatic carbocycles. The summed E-state index contributed by atoms with van der Waals surface area (Å²) < 4.78 is 36.8. The number of amidine groups is 1. The number of sulfonamides is 1. The molecule has 11 nitrogen and oxygen atoms in total. The van der Waals surface area contributed by atoms with Crippen LogP contribution in [0.15, 0.2) is 45.4 Å². The molecule has 2 aliphatic rings. The summed E-state index contributed by atoms with van der Waals surface area (Å²) in [6.07, 6.45) is 0. The lowest BCUT2D eigenvalue weighted by Gasteiger charge is -2.26. The minimum Gasteiger partial charge on any atom is -0.463 e. The fraction of sp³-hybridized carbons (Fsp3) is 0.368. The number of amides is 2. The Hall–Kier alpha value is -3.41. The van der Waals surface area contributed by atoms with Crippen LogP contribution in [0.4, 0.5) is 4.79 Å². The number of hydrogen-bond donors (Lipinski definition) is 3. The first-order valence-corrected chi connectivity index (χ1v) is 11.0. The van der Waals surface area contributed by atoms with Crippen molar-refractivity contribution in [1.82, 2.24) is 15.4 Å². The molecule has 0 saturated carbocycles. The summed E-state index contributed by atoms with van der Waals surface area (Å²) in [6, 6.07) is 4.02. The van der Waals surface area contributed by atoms with Crippen molar-refractivity contribution in [2.24, 2.45) is 4.99 Å². The van der Waals surface area contributed by atoms with Gasteiger partial charge in [0.2, 0.25) is 0 Å². The van der Waals surface area contributed by atoms with Crippen molar-refractivity contribution >= 4 is 33.8 Å². The van der Waals surface area contributed by atoms with Gasteiger partial charge in [-0.3, -0.25) is 9.71 Å². The summed E-state index contributed by atoms with van der Waals surface area (Å²) in [5.74, 6) is -1.37. The Balaban J connectivity index is 1.75. The lowest BCUT2D eigenvalue weighted by molar-refractivity contribution is -0.144. The second-order valence-corrected chi connectivity index (χ2v) is 8.45. The molecular formula is C19H22N4O7S. The molecule has 0 aliphatic carbocycles. The van der Waals surface area contributed by atoms with Gasteiger partial charge in [-0.2, -0.15) is 0 Å². The lowest BCUT2D eigenvalue weighted by atomic mass is 10.0. The first-order chi connectivity index (χ1) is 14.6. The van der Waals surface area contributed by atoms with Crippen molar-refractivity contribution in [2.75, 3.05) is 13.2 Å². The van der Waals surface area contributed by atoms with Crippen molar-refractivity contribution in [1.29, 1.82) is 0 Å². The van der Waals surface area contributed by atoms with Crippen molar-refractivity contribution in [2.45, 2.75) is 37.8 Å². The van der Waals surface area contributed by atoms with Crippen LogP contribution in [0.25, 0.3) is 0 Å². The monoisotopic (exact) mass is 450 g/mol. The van der Waals surface area contributed by atoms with E-state index in [1.54, 1.807) is 32.0 Å². The predicted octanol–water partition coefficient (Wildman–Crippen LogP) is 0.175. The van der Waals surface area contributed by atoms with E-state index in [9.17, 15) is 22.8 Å². The number of nitrogens with zero attached hydrogens (tertiary/aromatic N) is 1. The van der Waals surface area contributed by atoms with Gasteiger partial charge in [-0.05, 0) is 32.9 Å². The first-order valence-electron chi connectivity index (χ1n) is 9.48. The Morgan fingerprint density at radius 1 is 1.23 bits per heavy atom. The third-order valence-electron chi connectivity index (χ3n) is 4.55. The highest BCUT2D eigenvalue weighted by molar-refractivity contribution is 7.90. The average molecular weight is 450 g/mol. The molecule has 2 aliphatic heterocycles. The molecule has 2 atom stereocenters.